The van der Waals surface area contributed by atoms with E-state index in [2.05, 4.69) is 25.6 Å². The lowest BCUT2D eigenvalue weighted by Crippen LogP contribution is -2.50. The molecule has 1 fully saturated rings. The Balaban J connectivity index is 1.52. The Hall–Kier alpha value is -2.44. The molecule has 3 aromatic rings. The van der Waals surface area contributed by atoms with Crippen molar-refractivity contribution in [1.82, 2.24) is 20.3 Å². The molecule has 0 spiro atoms. The van der Waals surface area contributed by atoms with E-state index in [0.717, 1.165) is 35.4 Å². The van der Waals surface area contributed by atoms with Gasteiger partial charge in [0.1, 0.15) is 11.1 Å². The van der Waals surface area contributed by atoms with E-state index in [1.165, 1.54) is 0 Å². The van der Waals surface area contributed by atoms with Crippen LogP contribution in [0.2, 0.25) is 5.02 Å². The van der Waals surface area contributed by atoms with Gasteiger partial charge in [-0.15, -0.1) is 0 Å². The van der Waals surface area contributed by atoms with Gasteiger partial charge in [-0.1, -0.05) is 17.7 Å². The molecule has 24 heavy (non-hydrogen) atoms. The Labute approximate surface area is 144 Å². The lowest BCUT2D eigenvalue weighted by Gasteiger charge is -2.29. The average Bonchev–Trinajstić information content (AvgIpc) is 2.57. The van der Waals surface area contributed by atoms with E-state index >= 15 is 0 Å². The number of rotatable bonds is 5. The van der Waals surface area contributed by atoms with E-state index in [4.69, 9.17) is 16.3 Å². The van der Waals surface area contributed by atoms with E-state index in [0.29, 0.717) is 17.3 Å². The average molecular weight is 342 g/mol. The summed E-state index contributed by atoms with van der Waals surface area (Å²) in [4.78, 5) is 12.8. The van der Waals surface area contributed by atoms with Crippen molar-refractivity contribution in [3.05, 3.63) is 53.6 Å². The third kappa shape index (κ3) is 3.11. The van der Waals surface area contributed by atoms with Crippen molar-refractivity contribution < 1.29 is 4.74 Å². The summed E-state index contributed by atoms with van der Waals surface area (Å²) in [5.74, 6) is 0.652. The van der Waals surface area contributed by atoms with Gasteiger partial charge in [0.15, 0.2) is 5.75 Å². The highest BCUT2D eigenvalue weighted by atomic mass is 35.5. The van der Waals surface area contributed by atoms with Gasteiger partial charge < -0.3 is 15.4 Å². The first-order valence-corrected chi connectivity index (χ1v) is 8.12. The maximum Gasteiger partial charge on any atom is 0.164 e. The van der Waals surface area contributed by atoms with Crippen LogP contribution in [0, 0.1) is 0 Å². The van der Waals surface area contributed by atoms with Crippen LogP contribution < -0.4 is 15.4 Å². The minimum absolute atomic E-state index is 0.154. The van der Waals surface area contributed by atoms with Gasteiger partial charge in [0.05, 0.1) is 22.9 Å². The van der Waals surface area contributed by atoms with Gasteiger partial charge in [0.2, 0.25) is 0 Å². The molecule has 0 bridgehead atoms. The molecule has 1 saturated heterocycles. The second-order valence-electron chi connectivity index (χ2n) is 5.63. The Morgan fingerprint density at radius 3 is 2.79 bits per heavy atom. The van der Waals surface area contributed by atoms with Gasteiger partial charge in [-0.05, 0) is 17.7 Å². The first-order chi connectivity index (χ1) is 11.8. The van der Waals surface area contributed by atoms with Crippen LogP contribution in [-0.4, -0.2) is 34.1 Å². The zero-order chi connectivity index (χ0) is 16.4. The molecule has 3 heterocycles. The number of ether oxygens (including phenoxy) is 1. The van der Waals surface area contributed by atoms with Crippen molar-refractivity contribution in [2.45, 2.75) is 12.6 Å². The summed E-state index contributed by atoms with van der Waals surface area (Å²) in [6.07, 6.45) is 6.87. The van der Waals surface area contributed by atoms with Crippen LogP contribution in [0.3, 0.4) is 0 Å². The van der Waals surface area contributed by atoms with Crippen molar-refractivity contribution in [3.63, 3.8) is 0 Å². The molecule has 0 unspecified atom stereocenters. The minimum Gasteiger partial charge on any atom is -0.484 e. The van der Waals surface area contributed by atoms with Crippen LogP contribution in [0.1, 0.15) is 5.56 Å². The molecule has 1 aliphatic heterocycles. The summed E-state index contributed by atoms with van der Waals surface area (Å²) in [6.45, 7) is 2.29. The third-order valence-electron chi connectivity index (χ3n) is 3.90. The van der Waals surface area contributed by atoms with Gasteiger partial charge in [-0.3, -0.25) is 15.0 Å². The van der Waals surface area contributed by atoms with E-state index in [9.17, 15) is 0 Å². The number of halogens is 1. The maximum absolute atomic E-state index is 6.25. The number of benzene rings is 1. The molecule has 7 heteroatoms. The summed E-state index contributed by atoms with van der Waals surface area (Å²) >= 11 is 6.25. The molecule has 2 aromatic heterocycles. The van der Waals surface area contributed by atoms with Gasteiger partial charge in [-0.2, -0.15) is 0 Å². The summed E-state index contributed by atoms with van der Waals surface area (Å²) in [6, 6.07) is 6.01. The van der Waals surface area contributed by atoms with Crippen molar-refractivity contribution in [2.75, 3.05) is 18.4 Å². The van der Waals surface area contributed by atoms with Crippen molar-refractivity contribution in [1.29, 1.82) is 0 Å². The smallest absolute Gasteiger partial charge is 0.164 e. The number of hydrogen-bond acceptors (Lipinski definition) is 6. The van der Waals surface area contributed by atoms with Gasteiger partial charge in [0.25, 0.3) is 0 Å². The lowest BCUT2D eigenvalue weighted by molar-refractivity contribution is 0.143. The van der Waals surface area contributed by atoms with Gasteiger partial charge in [0, 0.05) is 38.2 Å². The predicted octanol–water partition coefficient (Wildman–Crippen LogP) is 2.64. The number of pyridine rings is 1. The van der Waals surface area contributed by atoms with E-state index in [1.807, 2.05) is 18.2 Å². The molecule has 1 aromatic carbocycles. The normalized spacial score (nSPS) is 14.4. The summed E-state index contributed by atoms with van der Waals surface area (Å²) in [5, 5.41) is 7.04. The van der Waals surface area contributed by atoms with Crippen molar-refractivity contribution in [2.24, 2.45) is 0 Å². The monoisotopic (exact) mass is 341 g/mol. The fourth-order valence-corrected chi connectivity index (χ4v) is 2.70. The molecule has 0 amide bonds. The number of fused-ring (bicyclic) bond motifs is 1. The Morgan fingerprint density at radius 1 is 1.17 bits per heavy atom. The molecule has 0 radical (unpaired) electrons. The zero-order valence-corrected chi connectivity index (χ0v) is 13.6. The summed E-state index contributed by atoms with van der Waals surface area (Å²) < 4.78 is 5.95. The highest BCUT2D eigenvalue weighted by Gasteiger charge is 2.21. The third-order valence-corrected chi connectivity index (χ3v) is 4.17. The summed E-state index contributed by atoms with van der Waals surface area (Å²) in [5.41, 5.74) is 3.64. The number of aromatic nitrogens is 3. The largest absolute Gasteiger partial charge is 0.484 e. The topological polar surface area (TPSA) is 72.0 Å². The number of hydrogen-bond donors (Lipinski definition) is 2. The van der Waals surface area contributed by atoms with Gasteiger partial charge in [-0.25, -0.2) is 0 Å². The quantitative estimate of drug-likeness (QED) is 0.743. The van der Waals surface area contributed by atoms with E-state index in [1.54, 1.807) is 24.8 Å². The van der Waals surface area contributed by atoms with Crippen LogP contribution in [0.15, 0.2) is 43.0 Å². The molecule has 0 aliphatic carbocycles. The SMILES string of the molecule is Clc1cncc(NCc2ccc3nccnc3c2)c1OC1CNC1. The standard InChI is InChI=1S/C17H16ClN5O/c18-13-9-20-10-16(17(13)24-12-7-19-8-12)23-6-11-1-2-14-15(5-11)22-4-3-21-14/h1-5,9-10,12,19,23H,6-8H2. The van der Waals surface area contributed by atoms with Crippen LogP contribution >= 0.6 is 11.6 Å². The Morgan fingerprint density at radius 2 is 2.00 bits per heavy atom. The highest BCUT2D eigenvalue weighted by Crippen LogP contribution is 2.33. The fraction of sp³-hybridized carbons (Fsp3) is 0.235. The van der Waals surface area contributed by atoms with Crippen LogP contribution in [0.4, 0.5) is 5.69 Å². The second kappa shape index (κ2) is 6.59. The van der Waals surface area contributed by atoms with Crippen molar-refractivity contribution >= 4 is 28.3 Å². The second-order valence-corrected chi connectivity index (χ2v) is 6.04. The molecule has 1 aliphatic rings. The molecule has 0 atom stereocenters. The number of anilines is 1. The van der Waals surface area contributed by atoms with E-state index < -0.39 is 0 Å². The lowest BCUT2D eigenvalue weighted by atomic mass is 10.2. The van der Waals surface area contributed by atoms with Crippen LogP contribution in [0.5, 0.6) is 5.75 Å². The highest BCUT2D eigenvalue weighted by molar-refractivity contribution is 6.32. The van der Waals surface area contributed by atoms with Crippen LogP contribution in [-0.2, 0) is 6.54 Å². The predicted molar refractivity (Wildman–Crippen MR) is 93.4 cm³/mol. The van der Waals surface area contributed by atoms with Crippen molar-refractivity contribution in [3.8, 4) is 5.75 Å². The number of nitrogens with one attached hydrogen (secondary N) is 2. The molecule has 122 valence electrons. The Kier molecular flexibility index (Phi) is 4.15. The minimum atomic E-state index is 0.154. The molecule has 2 N–H and O–H groups in total. The fourth-order valence-electron chi connectivity index (χ4n) is 2.50. The first-order valence-electron chi connectivity index (χ1n) is 7.74. The maximum atomic E-state index is 6.25. The van der Waals surface area contributed by atoms with Gasteiger partial charge >= 0.3 is 0 Å². The number of nitrogens with zero attached hydrogens (tertiary/aromatic N) is 3. The van der Waals surface area contributed by atoms with Crippen LogP contribution in [0.25, 0.3) is 11.0 Å². The first kappa shape index (κ1) is 15.1. The Bertz CT molecular complexity index is 868. The zero-order valence-electron chi connectivity index (χ0n) is 12.9. The molecule has 4 rings (SSSR count). The molecule has 6 nitrogen and oxygen atoms in total. The van der Waals surface area contributed by atoms with E-state index in [-0.39, 0.29) is 6.10 Å². The molecule has 0 saturated carbocycles. The molecular formula is C17H16ClN5O. The molecular weight excluding hydrogens is 326 g/mol. The summed E-state index contributed by atoms with van der Waals surface area (Å²) in [7, 11) is 0.